The van der Waals surface area contributed by atoms with Crippen LogP contribution >= 0.6 is 0 Å². The molecule has 0 bridgehead atoms. The van der Waals surface area contributed by atoms with Crippen molar-refractivity contribution in [2.75, 3.05) is 0 Å². The summed E-state index contributed by atoms with van der Waals surface area (Å²) < 4.78 is 0. The van der Waals surface area contributed by atoms with E-state index in [2.05, 4.69) is 188 Å². The van der Waals surface area contributed by atoms with Gasteiger partial charge in [0.1, 0.15) is 0 Å². The van der Waals surface area contributed by atoms with E-state index in [4.69, 9.17) is 0 Å². The summed E-state index contributed by atoms with van der Waals surface area (Å²) in [5.41, 5.74) is 20.8. The van der Waals surface area contributed by atoms with E-state index in [0.29, 0.717) is 5.92 Å². The molecule has 2 aliphatic rings. The van der Waals surface area contributed by atoms with Gasteiger partial charge in [0.15, 0.2) is 0 Å². The quantitative estimate of drug-likeness (QED) is 0.152. The normalized spacial score (nSPS) is 14.0. The highest BCUT2D eigenvalue weighted by Gasteiger charge is 2.30. The van der Waals surface area contributed by atoms with Crippen LogP contribution in [-0.2, 0) is 25.7 Å². The van der Waals surface area contributed by atoms with Gasteiger partial charge in [-0.1, -0.05) is 176 Å². The Bertz CT molecular complexity index is 2930. The molecule has 0 amide bonds. The second-order valence-electron chi connectivity index (χ2n) is 15.5. The first-order valence-corrected chi connectivity index (χ1v) is 19.8. The zero-order valence-electron chi connectivity index (χ0n) is 30.8. The summed E-state index contributed by atoms with van der Waals surface area (Å²) in [5, 5.41) is 5.24. The van der Waals surface area contributed by atoms with Crippen LogP contribution in [-0.4, -0.2) is 0 Å². The molecule has 0 heteroatoms. The monoisotopic (exact) mass is 700 g/mol. The number of benzene rings is 9. The van der Waals surface area contributed by atoms with Crippen molar-refractivity contribution >= 4 is 21.5 Å². The number of fused-ring (bicyclic) bond motifs is 9. The van der Waals surface area contributed by atoms with Crippen LogP contribution in [0.5, 0.6) is 0 Å². The van der Waals surface area contributed by atoms with Crippen molar-refractivity contribution in [1.82, 2.24) is 0 Å². The van der Waals surface area contributed by atoms with Gasteiger partial charge in [-0.2, -0.15) is 0 Å². The fraction of sp³-hybridized carbons (Fsp3) is 0.0909. The van der Waals surface area contributed by atoms with Gasteiger partial charge in [-0.15, -0.1) is 0 Å². The van der Waals surface area contributed by atoms with Gasteiger partial charge < -0.3 is 0 Å². The summed E-state index contributed by atoms with van der Waals surface area (Å²) in [6, 6.07) is 70.5. The summed E-state index contributed by atoms with van der Waals surface area (Å²) in [6.07, 6.45) is 4.13. The molecule has 0 aliphatic heterocycles. The number of hydrogen-bond acceptors (Lipinski definition) is 0. The fourth-order valence-electron chi connectivity index (χ4n) is 9.78. The van der Waals surface area contributed by atoms with Crippen LogP contribution in [0.3, 0.4) is 0 Å². The highest BCUT2D eigenvalue weighted by atomic mass is 14.3. The summed E-state index contributed by atoms with van der Waals surface area (Å²) in [5.74, 6) is 0.340. The van der Waals surface area contributed by atoms with Gasteiger partial charge in [0.25, 0.3) is 0 Å². The van der Waals surface area contributed by atoms with E-state index in [1.54, 1.807) is 0 Å². The Morgan fingerprint density at radius 1 is 0.382 bits per heavy atom. The van der Waals surface area contributed by atoms with E-state index < -0.39 is 0 Å². The van der Waals surface area contributed by atoms with E-state index in [0.717, 1.165) is 25.7 Å². The Kier molecular flexibility index (Phi) is 7.62. The molecule has 0 heterocycles. The minimum absolute atomic E-state index is 0.340. The van der Waals surface area contributed by atoms with E-state index in [1.165, 1.54) is 105 Å². The van der Waals surface area contributed by atoms with Crippen LogP contribution in [0.2, 0.25) is 0 Å². The lowest BCUT2D eigenvalue weighted by Gasteiger charge is -2.24. The molecule has 0 saturated carbocycles. The van der Waals surface area contributed by atoms with Crippen LogP contribution < -0.4 is 0 Å². The molecule has 0 spiro atoms. The highest BCUT2D eigenvalue weighted by molar-refractivity contribution is 6.10. The summed E-state index contributed by atoms with van der Waals surface area (Å²) in [6.45, 7) is 0. The van der Waals surface area contributed by atoms with Crippen molar-refractivity contribution in [2.45, 2.75) is 31.6 Å². The van der Waals surface area contributed by atoms with E-state index in [-0.39, 0.29) is 0 Å². The summed E-state index contributed by atoms with van der Waals surface area (Å²) in [4.78, 5) is 0. The second kappa shape index (κ2) is 13.1. The molecule has 11 rings (SSSR count). The Balaban J connectivity index is 0.973. The third-order valence-corrected chi connectivity index (χ3v) is 12.4. The number of rotatable bonds is 6. The number of hydrogen-bond donors (Lipinski definition) is 0. The minimum atomic E-state index is 0.340. The molecular weight excluding hydrogens is 661 g/mol. The Labute approximate surface area is 323 Å². The molecule has 0 fully saturated rings. The van der Waals surface area contributed by atoms with Gasteiger partial charge in [0.2, 0.25) is 0 Å². The molecular formula is C55H40. The molecule has 0 saturated heterocycles. The molecule has 260 valence electrons. The Morgan fingerprint density at radius 2 is 1.09 bits per heavy atom. The van der Waals surface area contributed by atoms with Gasteiger partial charge in [0, 0.05) is 5.92 Å². The van der Waals surface area contributed by atoms with Crippen molar-refractivity contribution in [3.8, 4) is 44.5 Å². The molecule has 0 N–H and O–H groups in total. The zero-order chi connectivity index (χ0) is 36.3. The van der Waals surface area contributed by atoms with Gasteiger partial charge >= 0.3 is 0 Å². The van der Waals surface area contributed by atoms with Crippen molar-refractivity contribution in [2.24, 2.45) is 0 Å². The molecule has 1 unspecified atom stereocenters. The number of aryl methyl sites for hydroxylation is 1. The predicted molar refractivity (Wildman–Crippen MR) is 232 cm³/mol. The standard InChI is InChI=1S/C55H40/c1-2-13-37(14-3-1)39-17-10-12-36(30-39)31-44-32-42-16-5-7-20-46(42)53-33-40(25-28-48(44)53)41-26-29-52-54(34-41)50-21-8-9-22-51(50)55(52)35-43-18-11-23-49-45-19-6-4-15-38(45)24-27-47(43)49/h1-23,25-26,28-30,32-34,55H,24,27,31,35H2. The molecule has 2 aliphatic carbocycles. The van der Waals surface area contributed by atoms with Gasteiger partial charge in [0.05, 0.1) is 0 Å². The first-order valence-electron chi connectivity index (χ1n) is 19.8. The fourth-order valence-corrected chi connectivity index (χ4v) is 9.78. The average molecular weight is 701 g/mol. The lowest BCUT2D eigenvalue weighted by atomic mass is 9.80. The van der Waals surface area contributed by atoms with Gasteiger partial charge in [-0.05, 0) is 143 Å². The van der Waals surface area contributed by atoms with Crippen molar-refractivity contribution in [1.29, 1.82) is 0 Å². The topological polar surface area (TPSA) is 0 Å². The van der Waals surface area contributed by atoms with Crippen LogP contribution in [0.4, 0.5) is 0 Å². The van der Waals surface area contributed by atoms with Crippen molar-refractivity contribution in [3.63, 3.8) is 0 Å². The van der Waals surface area contributed by atoms with Gasteiger partial charge in [-0.3, -0.25) is 0 Å². The maximum Gasteiger partial charge on any atom is 0.0142 e. The first-order chi connectivity index (χ1) is 27.2. The Morgan fingerprint density at radius 3 is 2.04 bits per heavy atom. The molecule has 0 radical (unpaired) electrons. The van der Waals surface area contributed by atoms with E-state index in [1.807, 2.05) is 0 Å². The van der Waals surface area contributed by atoms with Crippen LogP contribution in [0.25, 0.3) is 66.1 Å². The largest absolute Gasteiger partial charge is 0.0622 e. The zero-order valence-corrected chi connectivity index (χ0v) is 30.8. The molecule has 9 aromatic carbocycles. The molecule has 0 nitrogen and oxygen atoms in total. The lowest BCUT2D eigenvalue weighted by molar-refractivity contribution is 0.805. The van der Waals surface area contributed by atoms with Crippen molar-refractivity contribution < 1.29 is 0 Å². The molecule has 1 atom stereocenters. The predicted octanol–water partition coefficient (Wildman–Crippen LogP) is 14.0. The average Bonchev–Trinajstić information content (AvgIpc) is 3.56. The SMILES string of the molecule is c1ccc(-c2cccc(Cc3cc4ccccc4c4cc(-c5ccc6c(c5)-c5ccccc5C6Cc5cccc6c5CCc5ccccc5-6)ccc34)c2)cc1. The second-order valence-corrected chi connectivity index (χ2v) is 15.5. The summed E-state index contributed by atoms with van der Waals surface area (Å²) >= 11 is 0. The first kappa shape index (κ1) is 32.0. The Hall–Kier alpha value is -6.50. The van der Waals surface area contributed by atoms with E-state index in [9.17, 15) is 0 Å². The summed E-state index contributed by atoms with van der Waals surface area (Å²) in [7, 11) is 0. The molecule has 0 aromatic heterocycles. The molecule has 9 aromatic rings. The van der Waals surface area contributed by atoms with Crippen LogP contribution in [0, 0.1) is 0 Å². The van der Waals surface area contributed by atoms with Gasteiger partial charge in [-0.25, -0.2) is 0 Å². The maximum atomic E-state index is 2.47. The van der Waals surface area contributed by atoms with Crippen molar-refractivity contribution in [3.05, 3.63) is 227 Å². The minimum Gasteiger partial charge on any atom is -0.0622 e. The van der Waals surface area contributed by atoms with E-state index >= 15 is 0 Å². The smallest absolute Gasteiger partial charge is 0.0142 e. The third kappa shape index (κ3) is 5.52. The van der Waals surface area contributed by atoms with Crippen LogP contribution in [0.1, 0.15) is 44.9 Å². The highest BCUT2D eigenvalue weighted by Crippen LogP contribution is 2.49. The third-order valence-electron chi connectivity index (χ3n) is 12.4. The maximum absolute atomic E-state index is 2.47. The van der Waals surface area contributed by atoms with Crippen LogP contribution in [0.15, 0.2) is 188 Å². The molecule has 55 heavy (non-hydrogen) atoms. The lowest BCUT2D eigenvalue weighted by Crippen LogP contribution is -2.10.